The Balaban J connectivity index is 0.00000512. The molecule has 1 atom stereocenters. The molecule has 7 nitrogen and oxygen atoms in total. The van der Waals surface area contributed by atoms with Crippen molar-refractivity contribution in [3.8, 4) is 23.0 Å². The van der Waals surface area contributed by atoms with E-state index in [1.165, 1.54) is 0 Å². The van der Waals surface area contributed by atoms with Crippen LogP contribution in [-0.2, 0) is 6.42 Å². The minimum Gasteiger partial charge on any atom is -0.493 e. The smallest absolute Gasteiger partial charge is 0.163 e. The molecule has 0 bridgehead atoms. The molecule has 0 heterocycles. The number of aliphatic hydroxyl groups excluding tert-OH is 1. The third kappa shape index (κ3) is 8.22. The summed E-state index contributed by atoms with van der Waals surface area (Å²) in [6.45, 7) is 3.54. The molecule has 0 saturated carbocycles. The van der Waals surface area contributed by atoms with Crippen LogP contribution in [0, 0.1) is 0 Å². The monoisotopic (exact) mass is 467 g/mol. The minimum atomic E-state index is -0.619. The fourth-order valence-electron chi connectivity index (χ4n) is 3.09. The Morgan fingerprint density at radius 1 is 0.969 bits per heavy atom. The van der Waals surface area contributed by atoms with E-state index in [1.807, 2.05) is 18.2 Å². The zero-order valence-electron chi connectivity index (χ0n) is 19.2. The van der Waals surface area contributed by atoms with Crippen LogP contribution in [0.4, 0.5) is 0 Å². The highest BCUT2D eigenvalue weighted by Gasteiger charge is 2.13. The number of Topliss-reactive ketones (excluding diaryl/α,β-unsaturated/α-hetero) is 1. The van der Waals surface area contributed by atoms with Crippen LogP contribution in [0.25, 0.3) is 0 Å². The van der Waals surface area contributed by atoms with Crippen LogP contribution in [-0.4, -0.2) is 58.0 Å². The highest BCUT2D eigenvalue weighted by atomic mass is 35.5. The minimum absolute atomic E-state index is 0. The van der Waals surface area contributed by atoms with Crippen molar-refractivity contribution in [3.05, 3.63) is 47.5 Å². The highest BCUT2D eigenvalue weighted by Crippen LogP contribution is 2.30. The first-order valence-corrected chi connectivity index (χ1v) is 10.5. The van der Waals surface area contributed by atoms with Crippen LogP contribution in [0.5, 0.6) is 23.0 Å². The van der Waals surface area contributed by atoms with Gasteiger partial charge in [-0.3, -0.25) is 4.79 Å². The molecule has 8 heteroatoms. The van der Waals surface area contributed by atoms with E-state index in [-0.39, 0.29) is 24.8 Å². The Kier molecular flexibility index (Phi) is 12.5. The number of methoxy groups -OCH3 is 3. The Morgan fingerprint density at radius 3 is 2.28 bits per heavy atom. The molecule has 0 radical (unpaired) electrons. The van der Waals surface area contributed by atoms with Gasteiger partial charge in [0.1, 0.15) is 12.7 Å². The summed E-state index contributed by atoms with van der Waals surface area (Å²) < 4.78 is 21.6. The van der Waals surface area contributed by atoms with Gasteiger partial charge in [0, 0.05) is 18.5 Å². The molecule has 2 rings (SSSR count). The number of hydrogen-bond donors (Lipinski definition) is 2. The molecule has 0 fully saturated rings. The second kappa shape index (κ2) is 14.6. The van der Waals surface area contributed by atoms with Gasteiger partial charge in [-0.15, -0.1) is 12.4 Å². The van der Waals surface area contributed by atoms with Crippen molar-refractivity contribution in [2.75, 3.05) is 41.0 Å². The lowest BCUT2D eigenvalue weighted by molar-refractivity contribution is 0.0982. The second-order valence-corrected chi connectivity index (χ2v) is 7.15. The lowest BCUT2D eigenvalue weighted by Crippen LogP contribution is -2.31. The fourth-order valence-corrected chi connectivity index (χ4v) is 3.09. The van der Waals surface area contributed by atoms with E-state index in [2.05, 4.69) is 12.2 Å². The number of nitrogens with one attached hydrogen (secondary N) is 1. The zero-order valence-corrected chi connectivity index (χ0v) is 20.0. The highest BCUT2D eigenvalue weighted by molar-refractivity contribution is 5.96. The number of ketones is 1. The van der Waals surface area contributed by atoms with E-state index in [1.54, 1.807) is 39.5 Å². The summed E-state index contributed by atoms with van der Waals surface area (Å²) >= 11 is 0. The summed E-state index contributed by atoms with van der Waals surface area (Å²) in [5, 5.41) is 13.2. The first-order chi connectivity index (χ1) is 15.0. The molecule has 2 aromatic rings. The molecule has 0 spiro atoms. The average Bonchev–Trinajstić information content (AvgIpc) is 2.80. The van der Waals surface area contributed by atoms with Crippen molar-refractivity contribution in [3.63, 3.8) is 0 Å². The Bertz CT molecular complexity index is 845. The van der Waals surface area contributed by atoms with Gasteiger partial charge in [-0.1, -0.05) is 13.0 Å². The van der Waals surface area contributed by atoms with Gasteiger partial charge in [0.2, 0.25) is 0 Å². The van der Waals surface area contributed by atoms with Crippen molar-refractivity contribution >= 4 is 18.2 Å². The van der Waals surface area contributed by atoms with Gasteiger partial charge in [0.05, 0.1) is 21.3 Å². The SMILES string of the molecule is CCCNCC(O)COc1cc(CCC(=O)c2ccc(OC)c(OC)c2)ccc1OC.Cl. The van der Waals surface area contributed by atoms with Gasteiger partial charge in [0.25, 0.3) is 0 Å². The summed E-state index contributed by atoms with van der Waals surface area (Å²) in [6, 6.07) is 10.7. The summed E-state index contributed by atoms with van der Waals surface area (Å²) in [7, 11) is 4.67. The largest absolute Gasteiger partial charge is 0.493 e. The van der Waals surface area contributed by atoms with Gasteiger partial charge < -0.3 is 29.4 Å². The quantitative estimate of drug-likeness (QED) is 0.323. The lowest BCUT2D eigenvalue weighted by atomic mass is 10.0. The van der Waals surface area contributed by atoms with Gasteiger partial charge in [0.15, 0.2) is 28.8 Å². The maximum atomic E-state index is 12.6. The number of benzene rings is 2. The van der Waals surface area contributed by atoms with Crippen LogP contribution in [0.15, 0.2) is 36.4 Å². The third-order valence-electron chi connectivity index (χ3n) is 4.81. The van der Waals surface area contributed by atoms with Crippen LogP contribution in [0.1, 0.15) is 35.7 Å². The number of ether oxygens (including phenoxy) is 4. The molecule has 32 heavy (non-hydrogen) atoms. The van der Waals surface area contributed by atoms with Gasteiger partial charge in [-0.25, -0.2) is 0 Å². The number of aliphatic hydroxyl groups is 1. The topological polar surface area (TPSA) is 86.2 Å². The van der Waals surface area contributed by atoms with Crippen LogP contribution in [0.3, 0.4) is 0 Å². The van der Waals surface area contributed by atoms with E-state index in [0.717, 1.165) is 18.5 Å². The third-order valence-corrected chi connectivity index (χ3v) is 4.81. The first-order valence-electron chi connectivity index (χ1n) is 10.5. The van der Waals surface area contributed by atoms with E-state index >= 15 is 0 Å². The predicted molar refractivity (Wildman–Crippen MR) is 127 cm³/mol. The van der Waals surface area contributed by atoms with Crippen molar-refractivity contribution in [2.24, 2.45) is 0 Å². The lowest BCUT2D eigenvalue weighted by Gasteiger charge is -2.16. The fraction of sp³-hybridized carbons (Fsp3) is 0.458. The molecule has 178 valence electrons. The molecular formula is C24H34ClNO6. The summed E-state index contributed by atoms with van der Waals surface area (Å²) in [4.78, 5) is 12.6. The van der Waals surface area contributed by atoms with Crippen LogP contribution in [0.2, 0.25) is 0 Å². The predicted octanol–water partition coefficient (Wildman–Crippen LogP) is 3.69. The molecule has 1 unspecified atom stereocenters. The zero-order chi connectivity index (χ0) is 22.6. The Morgan fingerprint density at radius 2 is 1.62 bits per heavy atom. The molecule has 2 N–H and O–H groups in total. The molecule has 0 amide bonds. The van der Waals surface area contributed by atoms with Crippen molar-refractivity contribution < 1.29 is 28.8 Å². The van der Waals surface area contributed by atoms with Crippen LogP contribution >= 0.6 is 12.4 Å². The van der Waals surface area contributed by atoms with E-state index in [9.17, 15) is 9.90 Å². The van der Waals surface area contributed by atoms with Gasteiger partial charge in [-0.2, -0.15) is 0 Å². The van der Waals surface area contributed by atoms with Crippen molar-refractivity contribution in [1.82, 2.24) is 5.32 Å². The number of hydrogen-bond acceptors (Lipinski definition) is 7. The number of aryl methyl sites for hydroxylation is 1. The van der Waals surface area contributed by atoms with Crippen LogP contribution < -0.4 is 24.3 Å². The maximum absolute atomic E-state index is 12.6. The van der Waals surface area contributed by atoms with Crippen molar-refractivity contribution in [2.45, 2.75) is 32.3 Å². The summed E-state index contributed by atoms with van der Waals surface area (Å²) in [5.74, 6) is 2.26. The molecule has 0 saturated heterocycles. The van der Waals surface area contributed by atoms with Crippen molar-refractivity contribution in [1.29, 1.82) is 0 Å². The molecular weight excluding hydrogens is 434 g/mol. The normalized spacial score (nSPS) is 11.3. The molecule has 0 aliphatic heterocycles. The molecule has 0 aliphatic carbocycles. The molecule has 0 aliphatic rings. The van der Waals surface area contributed by atoms with E-state index in [4.69, 9.17) is 18.9 Å². The summed E-state index contributed by atoms with van der Waals surface area (Å²) in [6.07, 6.45) is 1.27. The number of halogens is 1. The maximum Gasteiger partial charge on any atom is 0.163 e. The standard InChI is InChI=1S/C24H33NO6.ClH/c1-5-12-25-15-19(26)16-31-24-13-17(7-10-22(24)29-3)6-9-20(27)18-8-11-21(28-2)23(14-18)30-4;/h7-8,10-11,13-14,19,25-26H,5-6,9,12,15-16H2,1-4H3;1H. The number of carbonyl (C=O) groups excluding carboxylic acids is 1. The first kappa shape index (κ1) is 27.6. The van der Waals surface area contributed by atoms with E-state index < -0.39 is 6.10 Å². The molecule has 0 aromatic heterocycles. The van der Waals surface area contributed by atoms with Gasteiger partial charge in [-0.05, 0) is 55.3 Å². The Labute approximate surface area is 196 Å². The number of carbonyl (C=O) groups is 1. The molecule has 2 aromatic carbocycles. The Hall–Kier alpha value is -2.48. The van der Waals surface area contributed by atoms with Gasteiger partial charge >= 0.3 is 0 Å². The summed E-state index contributed by atoms with van der Waals surface area (Å²) in [5.41, 5.74) is 1.52. The second-order valence-electron chi connectivity index (χ2n) is 7.15. The average molecular weight is 468 g/mol. The van der Waals surface area contributed by atoms with E-state index in [0.29, 0.717) is 47.9 Å². The number of rotatable bonds is 14.